The van der Waals surface area contributed by atoms with Crippen molar-refractivity contribution in [2.45, 2.75) is 105 Å². The number of hydrogen-bond acceptors (Lipinski definition) is 3. The maximum Gasteiger partial charge on any atom is 0.178 e. The summed E-state index contributed by atoms with van der Waals surface area (Å²) >= 11 is 0. The molecule has 4 heteroatoms. The van der Waals surface area contributed by atoms with Crippen molar-refractivity contribution < 1.29 is 14.8 Å². The van der Waals surface area contributed by atoms with E-state index in [2.05, 4.69) is 83.1 Å². The maximum absolute atomic E-state index is 15.9. The third kappa shape index (κ3) is 5.59. The van der Waals surface area contributed by atoms with Gasteiger partial charge in [0.05, 0.1) is 10.6 Å². The van der Waals surface area contributed by atoms with Crippen LogP contribution in [0.3, 0.4) is 0 Å². The first-order chi connectivity index (χ1) is 17.1. The highest BCUT2D eigenvalue weighted by Crippen LogP contribution is 2.52. The van der Waals surface area contributed by atoms with Crippen molar-refractivity contribution >= 4 is 23.1 Å². The van der Waals surface area contributed by atoms with E-state index >= 15 is 4.57 Å². The first-order valence-corrected chi connectivity index (χ1v) is 15.2. The van der Waals surface area contributed by atoms with Crippen molar-refractivity contribution in [1.82, 2.24) is 0 Å². The average molecular weight is 535 g/mol. The molecule has 38 heavy (non-hydrogen) atoms. The van der Waals surface area contributed by atoms with Gasteiger partial charge in [0, 0.05) is 16.4 Å². The molecule has 0 unspecified atom stereocenters. The molecule has 0 amide bonds. The Kier molecular flexibility index (Phi) is 7.59. The molecule has 0 radical (unpaired) electrons. The van der Waals surface area contributed by atoms with Gasteiger partial charge in [0.15, 0.2) is 7.14 Å². The Morgan fingerprint density at radius 2 is 0.868 bits per heavy atom. The number of benzene rings is 3. The van der Waals surface area contributed by atoms with Gasteiger partial charge in [0.1, 0.15) is 11.5 Å². The number of phenolic OH excluding ortho intramolecular Hbond substituents is 2. The van der Waals surface area contributed by atoms with E-state index in [1.165, 1.54) is 0 Å². The molecule has 0 bridgehead atoms. The summed E-state index contributed by atoms with van der Waals surface area (Å²) in [6.45, 7) is 25.1. The molecular formula is C34H47O3P. The van der Waals surface area contributed by atoms with Crippen LogP contribution in [-0.4, -0.2) is 10.2 Å². The van der Waals surface area contributed by atoms with Crippen LogP contribution in [0.4, 0.5) is 0 Å². The zero-order valence-corrected chi connectivity index (χ0v) is 26.3. The van der Waals surface area contributed by atoms with Crippen LogP contribution in [0.2, 0.25) is 0 Å². The summed E-state index contributed by atoms with van der Waals surface area (Å²) in [5.41, 5.74) is 2.24. The molecule has 0 heterocycles. The molecule has 0 saturated heterocycles. The Bertz CT molecular complexity index is 1290. The third-order valence-corrected chi connectivity index (χ3v) is 10.4. The van der Waals surface area contributed by atoms with E-state index in [0.717, 1.165) is 22.3 Å². The highest BCUT2D eigenvalue weighted by molar-refractivity contribution is 7.85. The fourth-order valence-electron chi connectivity index (χ4n) is 4.77. The van der Waals surface area contributed by atoms with Crippen LogP contribution >= 0.6 is 7.14 Å². The first kappa shape index (κ1) is 30.0. The van der Waals surface area contributed by atoms with Gasteiger partial charge in [0.2, 0.25) is 0 Å². The molecule has 2 N–H and O–H groups in total. The second-order valence-corrected chi connectivity index (χ2v) is 17.4. The van der Waals surface area contributed by atoms with Gasteiger partial charge < -0.3 is 14.8 Å². The minimum Gasteiger partial charge on any atom is -0.507 e. The van der Waals surface area contributed by atoms with Gasteiger partial charge in [0.25, 0.3) is 0 Å². The maximum atomic E-state index is 15.9. The fraction of sp³-hybridized carbons (Fsp3) is 0.471. The number of phenols is 2. The lowest BCUT2D eigenvalue weighted by Gasteiger charge is -2.32. The van der Waals surface area contributed by atoms with Gasteiger partial charge in [-0.3, -0.25) is 0 Å². The van der Waals surface area contributed by atoms with Crippen LogP contribution < -0.4 is 15.9 Å². The summed E-state index contributed by atoms with van der Waals surface area (Å²) in [4.78, 5) is 0. The molecule has 0 aromatic heterocycles. The van der Waals surface area contributed by atoms with E-state index < -0.39 is 7.14 Å². The zero-order chi connectivity index (χ0) is 29.1. The molecule has 3 rings (SSSR count). The largest absolute Gasteiger partial charge is 0.507 e. The molecule has 206 valence electrons. The summed E-state index contributed by atoms with van der Waals surface area (Å²) in [7, 11) is -3.74. The van der Waals surface area contributed by atoms with Crippen molar-refractivity contribution in [1.29, 1.82) is 0 Å². The lowest BCUT2D eigenvalue weighted by atomic mass is 9.80. The summed E-state index contributed by atoms with van der Waals surface area (Å²) in [5, 5.41) is 25.1. The highest BCUT2D eigenvalue weighted by Gasteiger charge is 2.40. The van der Waals surface area contributed by atoms with Crippen molar-refractivity contribution in [2.75, 3.05) is 0 Å². The molecule has 3 aromatic carbocycles. The lowest BCUT2D eigenvalue weighted by molar-refractivity contribution is 0.447. The Morgan fingerprint density at radius 3 is 1.16 bits per heavy atom. The summed E-state index contributed by atoms with van der Waals surface area (Å²) < 4.78 is 15.9. The van der Waals surface area contributed by atoms with Gasteiger partial charge in [-0.25, -0.2) is 0 Å². The normalized spacial score (nSPS) is 13.6. The molecule has 0 saturated carbocycles. The molecular weight excluding hydrogens is 487 g/mol. The van der Waals surface area contributed by atoms with Crippen LogP contribution in [0, 0.1) is 0 Å². The smallest absolute Gasteiger partial charge is 0.178 e. The molecule has 0 aliphatic rings. The van der Waals surface area contributed by atoms with Crippen LogP contribution in [-0.2, 0) is 26.2 Å². The van der Waals surface area contributed by atoms with Crippen molar-refractivity contribution in [3.05, 3.63) is 76.9 Å². The number of aromatic hydroxyl groups is 2. The minimum atomic E-state index is -3.74. The molecule has 0 atom stereocenters. The van der Waals surface area contributed by atoms with Crippen molar-refractivity contribution in [3.8, 4) is 11.5 Å². The first-order valence-electron chi connectivity index (χ1n) is 13.5. The zero-order valence-electron chi connectivity index (χ0n) is 25.4. The Balaban J connectivity index is 2.64. The third-order valence-electron chi connectivity index (χ3n) is 7.33. The van der Waals surface area contributed by atoms with E-state index in [1.54, 1.807) is 0 Å². The molecule has 3 nitrogen and oxygen atoms in total. The van der Waals surface area contributed by atoms with Crippen molar-refractivity contribution in [2.24, 2.45) is 0 Å². The molecule has 0 aliphatic heterocycles. The predicted octanol–water partition coefficient (Wildman–Crippen LogP) is 7.93. The quantitative estimate of drug-likeness (QED) is 0.336. The van der Waals surface area contributed by atoms with Crippen LogP contribution in [0.15, 0.2) is 54.6 Å². The minimum absolute atomic E-state index is 0.0376. The van der Waals surface area contributed by atoms with E-state index in [9.17, 15) is 10.2 Å². The second kappa shape index (κ2) is 9.60. The second-order valence-electron chi connectivity index (χ2n) is 14.7. The van der Waals surface area contributed by atoms with Gasteiger partial charge in [-0.15, -0.1) is 0 Å². The monoisotopic (exact) mass is 534 g/mol. The number of hydrogen-bond donors (Lipinski definition) is 2. The summed E-state index contributed by atoms with van der Waals surface area (Å²) in [6, 6.07) is 17.2. The van der Waals surface area contributed by atoms with E-state index in [-0.39, 0.29) is 33.2 Å². The Morgan fingerprint density at radius 1 is 0.526 bits per heavy atom. The van der Waals surface area contributed by atoms with Crippen LogP contribution in [0.5, 0.6) is 11.5 Å². The Labute approximate surface area is 230 Å². The SMILES string of the molecule is CC(C)(C)c1cc(C(C)(C)C)c(O)c(P(=O)(c2ccccc2)c2cc(C(C)(C)C)cc(C(C)(C)C)c2O)c1. The Hall–Kier alpha value is -2.51. The molecule has 0 fully saturated rings. The van der Waals surface area contributed by atoms with Gasteiger partial charge in [-0.05, 0) is 44.9 Å². The predicted molar refractivity (Wildman–Crippen MR) is 164 cm³/mol. The standard InChI is InChI=1S/C34H47O3P/c1-31(2,3)22-18-25(33(7,8)9)29(35)27(20-22)38(37,24-16-14-13-15-17-24)28-21-23(32(4,5)6)19-26(30(28)36)34(10,11)12/h13-21,35-36H,1-12H3. The van der Waals surface area contributed by atoms with Gasteiger partial charge in [-0.2, -0.15) is 0 Å². The van der Waals surface area contributed by atoms with Crippen LogP contribution in [0.1, 0.15) is 105 Å². The van der Waals surface area contributed by atoms with Gasteiger partial charge >= 0.3 is 0 Å². The average Bonchev–Trinajstić information content (AvgIpc) is 2.76. The van der Waals surface area contributed by atoms with E-state index in [0.29, 0.717) is 15.9 Å². The lowest BCUT2D eigenvalue weighted by Crippen LogP contribution is -2.31. The van der Waals surface area contributed by atoms with E-state index in [4.69, 9.17) is 0 Å². The van der Waals surface area contributed by atoms with Crippen LogP contribution in [0.25, 0.3) is 0 Å². The van der Waals surface area contributed by atoms with E-state index in [1.807, 2.05) is 54.6 Å². The van der Waals surface area contributed by atoms with Gasteiger partial charge in [-0.1, -0.05) is 126 Å². The summed E-state index contributed by atoms with van der Waals surface area (Å²) in [5.74, 6) is 0.0751. The fourth-order valence-corrected chi connectivity index (χ4v) is 7.66. The highest BCUT2D eigenvalue weighted by atomic mass is 31.2. The molecule has 0 spiro atoms. The summed E-state index contributed by atoms with van der Waals surface area (Å²) in [6.07, 6.45) is 0. The topological polar surface area (TPSA) is 57.5 Å². The number of rotatable bonds is 3. The molecule has 3 aromatic rings. The molecule has 0 aliphatic carbocycles. The van der Waals surface area contributed by atoms with Crippen molar-refractivity contribution in [3.63, 3.8) is 0 Å².